The lowest BCUT2D eigenvalue weighted by Crippen LogP contribution is -2.45. The van der Waals surface area contributed by atoms with Crippen molar-refractivity contribution < 1.29 is 18.7 Å². The highest BCUT2D eigenvalue weighted by Crippen LogP contribution is 2.25. The zero-order chi connectivity index (χ0) is 24.5. The minimum Gasteiger partial charge on any atom is -0.376 e. The fourth-order valence-electron chi connectivity index (χ4n) is 4.37. The van der Waals surface area contributed by atoms with Gasteiger partial charge in [-0.1, -0.05) is 72.8 Å². The molecule has 1 saturated heterocycles. The first-order chi connectivity index (χ1) is 17.1. The molecular weight excluding hydrogens is 443 g/mol. The van der Waals surface area contributed by atoms with Crippen LogP contribution >= 0.6 is 0 Å². The van der Waals surface area contributed by atoms with E-state index >= 15 is 0 Å². The molecule has 0 unspecified atom stereocenters. The Labute approximate surface area is 205 Å². The van der Waals surface area contributed by atoms with Gasteiger partial charge >= 0.3 is 0 Å². The number of benzene rings is 3. The number of halogens is 1. The van der Waals surface area contributed by atoms with Crippen LogP contribution < -0.4 is 5.32 Å². The van der Waals surface area contributed by atoms with Crippen LogP contribution in [0.2, 0.25) is 0 Å². The number of rotatable bonds is 10. The van der Waals surface area contributed by atoms with Crippen LogP contribution in [0.1, 0.15) is 42.0 Å². The lowest BCUT2D eigenvalue weighted by atomic mass is 10.0. The van der Waals surface area contributed by atoms with Crippen molar-refractivity contribution in [2.24, 2.45) is 0 Å². The third-order valence-corrected chi connectivity index (χ3v) is 6.26. The summed E-state index contributed by atoms with van der Waals surface area (Å²) in [6, 6.07) is 24.4. The first-order valence-corrected chi connectivity index (χ1v) is 12.1. The molecular formula is C29H31FN2O3. The Kier molecular flexibility index (Phi) is 8.63. The van der Waals surface area contributed by atoms with Gasteiger partial charge in [0.15, 0.2) is 0 Å². The molecule has 3 aromatic rings. The molecule has 35 heavy (non-hydrogen) atoms. The zero-order valence-electron chi connectivity index (χ0n) is 19.7. The molecule has 1 aliphatic rings. The molecule has 6 heteroatoms. The van der Waals surface area contributed by atoms with E-state index in [4.69, 9.17) is 4.74 Å². The fourth-order valence-corrected chi connectivity index (χ4v) is 4.37. The van der Waals surface area contributed by atoms with Gasteiger partial charge in [0.2, 0.25) is 11.8 Å². The molecule has 0 aliphatic carbocycles. The minimum atomic E-state index is -0.814. The Hall–Kier alpha value is -3.51. The Morgan fingerprint density at radius 1 is 0.943 bits per heavy atom. The summed E-state index contributed by atoms with van der Waals surface area (Å²) in [5.41, 5.74) is 2.54. The molecule has 0 saturated carbocycles. The smallest absolute Gasteiger partial charge is 0.247 e. The van der Waals surface area contributed by atoms with Crippen LogP contribution in [0, 0.1) is 5.82 Å². The van der Waals surface area contributed by atoms with Crippen LogP contribution in [0.15, 0.2) is 84.9 Å². The van der Waals surface area contributed by atoms with Gasteiger partial charge in [-0.15, -0.1) is 0 Å². The maximum absolute atomic E-state index is 13.6. The minimum absolute atomic E-state index is 0.00490. The lowest BCUT2D eigenvalue weighted by molar-refractivity contribution is -0.141. The summed E-state index contributed by atoms with van der Waals surface area (Å²) in [5.74, 6) is -0.731. The number of hydrogen-bond donors (Lipinski definition) is 1. The second kappa shape index (κ2) is 12.3. The van der Waals surface area contributed by atoms with E-state index in [0.29, 0.717) is 19.6 Å². The van der Waals surface area contributed by atoms with Crippen LogP contribution in [0.4, 0.5) is 4.39 Å². The molecule has 1 fully saturated rings. The highest BCUT2D eigenvalue weighted by molar-refractivity contribution is 5.88. The van der Waals surface area contributed by atoms with Crippen molar-refractivity contribution in [1.29, 1.82) is 0 Å². The highest BCUT2D eigenvalue weighted by atomic mass is 19.1. The van der Waals surface area contributed by atoms with Gasteiger partial charge in [-0.2, -0.15) is 0 Å². The Morgan fingerprint density at radius 3 is 2.29 bits per heavy atom. The Bertz CT molecular complexity index is 1080. The fraction of sp³-hybridized carbons (Fsp3) is 0.310. The number of hydrogen-bond acceptors (Lipinski definition) is 3. The summed E-state index contributed by atoms with van der Waals surface area (Å²) in [5, 5.41) is 3.01. The van der Waals surface area contributed by atoms with Gasteiger partial charge in [0, 0.05) is 26.1 Å². The average molecular weight is 475 g/mol. The monoisotopic (exact) mass is 474 g/mol. The Balaban J connectivity index is 1.60. The van der Waals surface area contributed by atoms with E-state index in [0.717, 1.165) is 29.5 Å². The lowest BCUT2D eigenvalue weighted by Gasteiger charge is -2.32. The number of nitrogens with zero attached hydrogens (tertiary/aromatic N) is 1. The van der Waals surface area contributed by atoms with Crippen molar-refractivity contribution >= 4 is 11.8 Å². The summed E-state index contributed by atoms with van der Waals surface area (Å²) >= 11 is 0. The summed E-state index contributed by atoms with van der Waals surface area (Å²) in [6.07, 6.45) is 2.71. The quantitative estimate of drug-likeness (QED) is 0.458. The molecule has 182 valence electrons. The van der Waals surface area contributed by atoms with Gasteiger partial charge in [-0.25, -0.2) is 4.39 Å². The number of ether oxygens (including phenoxy) is 1. The summed E-state index contributed by atoms with van der Waals surface area (Å²) < 4.78 is 19.2. The van der Waals surface area contributed by atoms with Crippen molar-refractivity contribution in [3.05, 3.63) is 107 Å². The van der Waals surface area contributed by atoms with Crippen molar-refractivity contribution in [2.45, 2.75) is 44.4 Å². The van der Waals surface area contributed by atoms with E-state index in [1.165, 1.54) is 12.1 Å². The SMILES string of the molecule is O=C(NC[C@H]1CCCO1)[C@@H](c1ccccc1)N(Cc1ccc(F)cc1)C(=O)CCc1ccccc1. The van der Waals surface area contributed by atoms with Crippen LogP contribution in [0.25, 0.3) is 0 Å². The van der Waals surface area contributed by atoms with E-state index in [-0.39, 0.29) is 36.7 Å². The molecule has 4 rings (SSSR count). The van der Waals surface area contributed by atoms with E-state index in [1.807, 2.05) is 60.7 Å². The molecule has 5 nitrogen and oxygen atoms in total. The normalized spacial score (nSPS) is 16.0. The molecule has 0 aromatic heterocycles. The predicted molar refractivity (Wildman–Crippen MR) is 133 cm³/mol. The molecule has 2 amide bonds. The number of amides is 2. The van der Waals surface area contributed by atoms with Crippen molar-refractivity contribution in [2.75, 3.05) is 13.2 Å². The summed E-state index contributed by atoms with van der Waals surface area (Å²) in [7, 11) is 0. The molecule has 3 aromatic carbocycles. The number of carbonyl (C=O) groups excluding carboxylic acids is 2. The summed E-state index contributed by atoms with van der Waals surface area (Å²) in [4.78, 5) is 28.8. The third kappa shape index (κ3) is 6.99. The molecule has 1 aliphatic heterocycles. The van der Waals surface area contributed by atoms with Gasteiger partial charge in [0.25, 0.3) is 0 Å². The highest BCUT2D eigenvalue weighted by Gasteiger charge is 2.32. The van der Waals surface area contributed by atoms with Crippen LogP contribution in [0.3, 0.4) is 0 Å². The maximum Gasteiger partial charge on any atom is 0.247 e. The molecule has 2 atom stereocenters. The zero-order valence-corrected chi connectivity index (χ0v) is 19.7. The van der Waals surface area contributed by atoms with Crippen molar-refractivity contribution in [3.63, 3.8) is 0 Å². The van der Waals surface area contributed by atoms with Crippen molar-refractivity contribution in [1.82, 2.24) is 10.2 Å². The number of carbonyl (C=O) groups is 2. The first kappa shape index (κ1) is 24.6. The van der Waals surface area contributed by atoms with Crippen LogP contribution in [-0.4, -0.2) is 36.0 Å². The summed E-state index contributed by atoms with van der Waals surface area (Å²) in [6.45, 7) is 1.31. The number of aryl methyl sites for hydroxylation is 1. The van der Waals surface area contributed by atoms with E-state index in [9.17, 15) is 14.0 Å². The predicted octanol–water partition coefficient (Wildman–Crippen LogP) is 4.82. The van der Waals surface area contributed by atoms with E-state index < -0.39 is 6.04 Å². The maximum atomic E-state index is 13.6. The second-order valence-corrected chi connectivity index (χ2v) is 8.83. The molecule has 1 heterocycles. The standard InChI is InChI=1S/C29H31FN2O3/c30-25-16-13-23(14-17-25)21-32(27(33)18-15-22-8-3-1-4-9-22)28(24-10-5-2-6-11-24)29(34)31-20-26-12-7-19-35-26/h1-6,8-11,13-14,16-17,26,28H,7,12,15,18-21H2,(H,31,34)/t26-,28-/m1/s1. The van der Waals surface area contributed by atoms with Gasteiger partial charge in [0.05, 0.1) is 6.10 Å². The first-order valence-electron chi connectivity index (χ1n) is 12.1. The van der Waals surface area contributed by atoms with Gasteiger partial charge in [0.1, 0.15) is 11.9 Å². The van der Waals surface area contributed by atoms with Gasteiger partial charge < -0.3 is 15.0 Å². The Morgan fingerprint density at radius 2 is 1.63 bits per heavy atom. The van der Waals surface area contributed by atoms with Crippen LogP contribution in [0.5, 0.6) is 0 Å². The molecule has 0 spiro atoms. The van der Waals surface area contributed by atoms with Crippen LogP contribution in [-0.2, 0) is 27.3 Å². The second-order valence-electron chi connectivity index (χ2n) is 8.83. The van der Waals surface area contributed by atoms with Crippen molar-refractivity contribution in [3.8, 4) is 0 Å². The largest absolute Gasteiger partial charge is 0.376 e. The average Bonchev–Trinajstić information content (AvgIpc) is 3.42. The van der Waals surface area contributed by atoms with Gasteiger partial charge in [-0.05, 0) is 48.1 Å². The van der Waals surface area contributed by atoms with E-state index in [1.54, 1.807) is 17.0 Å². The molecule has 0 radical (unpaired) electrons. The molecule has 1 N–H and O–H groups in total. The third-order valence-electron chi connectivity index (χ3n) is 6.26. The topological polar surface area (TPSA) is 58.6 Å². The van der Waals surface area contributed by atoms with Gasteiger partial charge in [-0.3, -0.25) is 9.59 Å². The number of nitrogens with one attached hydrogen (secondary N) is 1. The van der Waals surface area contributed by atoms with E-state index in [2.05, 4.69) is 5.32 Å². The molecule has 0 bridgehead atoms.